The van der Waals surface area contributed by atoms with Gasteiger partial charge in [-0.25, -0.2) is 14.8 Å². The molecule has 84 valence electrons. The number of aldehydes is 1. The number of nitrogens with zero attached hydrogens (tertiary/aromatic N) is 2. The van der Waals surface area contributed by atoms with Gasteiger partial charge in [-0.2, -0.15) is 0 Å². The van der Waals surface area contributed by atoms with E-state index in [9.17, 15) is 9.59 Å². The molecule has 17 heavy (non-hydrogen) atoms. The van der Waals surface area contributed by atoms with E-state index in [4.69, 9.17) is 5.11 Å². The van der Waals surface area contributed by atoms with Crippen LogP contribution in [0.5, 0.6) is 0 Å². The summed E-state index contributed by atoms with van der Waals surface area (Å²) < 4.78 is 0. The number of hydrogen-bond acceptors (Lipinski definition) is 4. The van der Waals surface area contributed by atoms with Gasteiger partial charge in [-0.3, -0.25) is 4.79 Å². The van der Waals surface area contributed by atoms with E-state index in [1.165, 1.54) is 24.4 Å². The highest BCUT2D eigenvalue weighted by Gasteiger charge is 2.05. The van der Waals surface area contributed by atoms with Gasteiger partial charge in [0, 0.05) is 11.8 Å². The molecule has 2 rings (SSSR count). The summed E-state index contributed by atoms with van der Waals surface area (Å²) in [5.41, 5.74) is 1.15. The van der Waals surface area contributed by atoms with Crippen LogP contribution in [0, 0.1) is 0 Å². The minimum atomic E-state index is -0.987. The third-order valence-corrected chi connectivity index (χ3v) is 2.19. The molecule has 5 heteroatoms. The quantitative estimate of drug-likeness (QED) is 0.808. The number of benzene rings is 1. The van der Waals surface area contributed by atoms with Gasteiger partial charge in [0.1, 0.15) is 5.69 Å². The Morgan fingerprint density at radius 1 is 1.18 bits per heavy atom. The summed E-state index contributed by atoms with van der Waals surface area (Å²) in [5, 5.41) is 8.75. The summed E-state index contributed by atoms with van der Waals surface area (Å²) in [4.78, 5) is 29.3. The fourth-order valence-electron chi connectivity index (χ4n) is 1.34. The molecule has 0 aliphatic heterocycles. The summed E-state index contributed by atoms with van der Waals surface area (Å²) in [6.45, 7) is 0. The molecule has 1 aromatic carbocycles. The number of carbonyl (C=O) groups is 2. The first-order chi connectivity index (χ1) is 8.20. The zero-order valence-electron chi connectivity index (χ0n) is 8.70. The van der Waals surface area contributed by atoms with Crippen molar-refractivity contribution in [3.63, 3.8) is 0 Å². The highest BCUT2D eigenvalue weighted by molar-refractivity contribution is 5.88. The van der Waals surface area contributed by atoms with Crippen molar-refractivity contribution in [1.29, 1.82) is 0 Å². The maximum atomic E-state index is 10.7. The molecule has 5 nitrogen and oxygen atoms in total. The molecule has 1 aromatic heterocycles. The fourth-order valence-corrected chi connectivity index (χ4v) is 1.34. The van der Waals surface area contributed by atoms with Crippen molar-refractivity contribution in [3.8, 4) is 11.4 Å². The highest BCUT2D eigenvalue weighted by atomic mass is 16.4. The minimum absolute atomic E-state index is 0.195. The first kappa shape index (κ1) is 10.9. The van der Waals surface area contributed by atoms with Crippen LogP contribution in [0.1, 0.15) is 20.8 Å². The van der Waals surface area contributed by atoms with Crippen molar-refractivity contribution >= 4 is 12.3 Å². The molecule has 0 unspecified atom stereocenters. The molecule has 0 fully saturated rings. The molecule has 0 saturated carbocycles. The number of carboxylic acids is 1. The molecule has 1 N–H and O–H groups in total. The number of hydrogen-bond donors (Lipinski definition) is 1. The van der Waals surface area contributed by atoms with Crippen LogP contribution in [0.25, 0.3) is 11.4 Å². The van der Waals surface area contributed by atoms with Crippen LogP contribution in [0.4, 0.5) is 0 Å². The van der Waals surface area contributed by atoms with Gasteiger partial charge < -0.3 is 5.11 Å². The van der Waals surface area contributed by atoms with E-state index in [2.05, 4.69) is 9.97 Å². The zero-order chi connectivity index (χ0) is 12.3. The lowest BCUT2D eigenvalue weighted by Gasteiger charge is -2.00. The Labute approximate surface area is 96.8 Å². The maximum Gasteiger partial charge on any atom is 0.335 e. The predicted molar refractivity (Wildman–Crippen MR) is 59.8 cm³/mol. The van der Waals surface area contributed by atoms with Crippen molar-refractivity contribution in [2.75, 3.05) is 0 Å². The molecule has 0 atom stereocenters. The van der Waals surface area contributed by atoms with E-state index in [-0.39, 0.29) is 11.3 Å². The zero-order valence-corrected chi connectivity index (χ0v) is 8.70. The number of aromatic carboxylic acids is 1. The van der Waals surface area contributed by atoms with E-state index in [1.807, 2.05) is 0 Å². The minimum Gasteiger partial charge on any atom is -0.478 e. The molecular formula is C12H8N2O3. The van der Waals surface area contributed by atoms with Crippen LogP contribution < -0.4 is 0 Å². The van der Waals surface area contributed by atoms with Gasteiger partial charge in [0.05, 0.1) is 5.56 Å². The largest absolute Gasteiger partial charge is 0.478 e. The second-order valence-corrected chi connectivity index (χ2v) is 3.31. The lowest BCUT2D eigenvalue weighted by atomic mass is 10.1. The Morgan fingerprint density at radius 3 is 2.47 bits per heavy atom. The second-order valence-electron chi connectivity index (χ2n) is 3.31. The number of carboxylic acid groups (broad SMARTS) is 1. The third-order valence-electron chi connectivity index (χ3n) is 2.19. The van der Waals surface area contributed by atoms with Crippen LogP contribution in [-0.2, 0) is 0 Å². The van der Waals surface area contributed by atoms with Crippen LogP contribution >= 0.6 is 0 Å². The van der Waals surface area contributed by atoms with Crippen LogP contribution in [0.2, 0.25) is 0 Å². The lowest BCUT2D eigenvalue weighted by Crippen LogP contribution is -1.97. The molecule has 2 aromatic rings. The Bertz CT molecular complexity index is 564. The van der Waals surface area contributed by atoms with Gasteiger partial charge >= 0.3 is 5.97 Å². The number of rotatable bonds is 3. The van der Waals surface area contributed by atoms with Crippen molar-refractivity contribution in [1.82, 2.24) is 9.97 Å². The third kappa shape index (κ3) is 2.34. The van der Waals surface area contributed by atoms with Crippen molar-refractivity contribution in [2.24, 2.45) is 0 Å². The highest BCUT2D eigenvalue weighted by Crippen LogP contribution is 2.15. The molecule has 1 heterocycles. The standard InChI is InChI=1S/C12H8N2O3/c15-7-10-5-6-13-11(14-10)8-1-3-9(4-2-8)12(16)17/h1-7H,(H,16,17). The fraction of sp³-hybridized carbons (Fsp3) is 0. The topological polar surface area (TPSA) is 80.2 Å². The normalized spacial score (nSPS) is 9.88. The summed E-state index contributed by atoms with van der Waals surface area (Å²) in [6, 6.07) is 7.64. The van der Waals surface area contributed by atoms with E-state index in [1.54, 1.807) is 12.1 Å². The number of aromatic nitrogens is 2. The molecule has 0 radical (unpaired) electrons. The molecule has 0 bridgehead atoms. The predicted octanol–water partition coefficient (Wildman–Crippen LogP) is 1.65. The summed E-state index contributed by atoms with van der Waals surface area (Å²) in [7, 11) is 0. The van der Waals surface area contributed by atoms with Crippen molar-refractivity contribution in [2.45, 2.75) is 0 Å². The van der Waals surface area contributed by atoms with Crippen molar-refractivity contribution in [3.05, 3.63) is 47.8 Å². The summed E-state index contributed by atoms with van der Waals surface area (Å²) >= 11 is 0. The monoisotopic (exact) mass is 228 g/mol. The first-order valence-corrected chi connectivity index (χ1v) is 4.82. The molecule has 0 saturated heterocycles. The average molecular weight is 228 g/mol. The van der Waals surface area contributed by atoms with Crippen LogP contribution in [-0.4, -0.2) is 27.3 Å². The molecular weight excluding hydrogens is 220 g/mol. The van der Waals surface area contributed by atoms with E-state index in [0.29, 0.717) is 17.7 Å². The van der Waals surface area contributed by atoms with Gasteiger partial charge in [0.15, 0.2) is 12.1 Å². The SMILES string of the molecule is O=Cc1ccnc(-c2ccc(C(=O)O)cc2)n1. The van der Waals surface area contributed by atoms with E-state index >= 15 is 0 Å². The van der Waals surface area contributed by atoms with Gasteiger partial charge in [0.2, 0.25) is 0 Å². The van der Waals surface area contributed by atoms with Gasteiger partial charge in [-0.05, 0) is 18.2 Å². The van der Waals surface area contributed by atoms with Crippen LogP contribution in [0.15, 0.2) is 36.5 Å². The van der Waals surface area contributed by atoms with E-state index in [0.717, 1.165) is 0 Å². The Hall–Kier alpha value is -2.56. The van der Waals surface area contributed by atoms with Crippen molar-refractivity contribution < 1.29 is 14.7 Å². The first-order valence-electron chi connectivity index (χ1n) is 4.82. The van der Waals surface area contributed by atoms with Gasteiger partial charge in [0.25, 0.3) is 0 Å². The Balaban J connectivity index is 2.39. The molecule has 0 aliphatic carbocycles. The Kier molecular flexibility index (Phi) is 2.91. The Morgan fingerprint density at radius 2 is 1.88 bits per heavy atom. The molecule has 0 spiro atoms. The smallest absolute Gasteiger partial charge is 0.335 e. The molecule has 0 amide bonds. The summed E-state index contributed by atoms with van der Waals surface area (Å²) in [6.07, 6.45) is 2.12. The maximum absolute atomic E-state index is 10.7. The van der Waals surface area contributed by atoms with Crippen LogP contribution in [0.3, 0.4) is 0 Å². The number of carbonyl (C=O) groups excluding carboxylic acids is 1. The van der Waals surface area contributed by atoms with Gasteiger partial charge in [-0.15, -0.1) is 0 Å². The average Bonchev–Trinajstić information content (AvgIpc) is 2.39. The molecule has 0 aliphatic rings. The van der Waals surface area contributed by atoms with Gasteiger partial charge in [-0.1, -0.05) is 12.1 Å². The lowest BCUT2D eigenvalue weighted by molar-refractivity contribution is 0.0696. The second kappa shape index (κ2) is 4.52. The van der Waals surface area contributed by atoms with E-state index < -0.39 is 5.97 Å². The summed E-state index contributed by atoms with van der Waals surface area (Å²) in [5.74, 6) is -0.592.